The summed E-state index contributed by atoms with van der Waals surface area (Å²) in [5.74, 6) is -0.00588. The van der Waals surface area contributed by atoms with E-state index in [2.05, 4.69) is 4.98 Å². The zero-order chi connectivity index (χ0) is 16.4. The summed E-state index contributed by atoms with van der Waals surface area (Å²) < 4.78 is 1.92. The third kappa shape index (κ3) is 2.61. The molecule has 118 valence electrons. The molecular formula is C19H21N3O. The average Bonchev–Trinajstić information content (AvgIpc) is 2.96. The summed E-state index contributed by atoms with van der Waals surface area (Å²) in [6.45, 7) is 6.66. The number of nitrogens with zero attached hydrogens (tertiary/aromatic N) is 3. The molecule has 0 spiro atoms. The SMILES string of the molecule is CCc1nc2c(C)cccn2c1C(=O)N(CC)c1ccccc1. The van der Waals surface area contributed by atoms with Crippen LogP contribution in [0.5, 0.6) is 0 Å². The van der Waals surface area contributed by atoms with E-state index in [4.69, 9.17) is 0 Å². The summed E-state index contributed by atoms with van der Waals surface area (Å²) in [5, 5.41) is 0. The molecule has 0 unspecified atom stereocenters. The van der Waals surface area contributed by atoms with E-state index < -0.39 is 0 Å². The summed E-state index contributed by atoms with van der Waals surface area (Å²) in [6, 6.07) is 13.7. The van der Waals surface area contributed by atoms with Gasteiger partial charge in [-0.1, -0.05) is 31.2 Å². The van der Waals surface area contributed by atoms with Crippen molar-refractivity contribution >= 4 is 17.2 Å². The van der Waals surface area contributed by atoms with Gasteiger partial charge in [0.1, 0.15) is 11.3 Å². The number of aryl methyl sites for hydroxylation is 2. The molecule has 0 radical (unpaired) electrons. The van der Waals surface area contributed by atoms with Gasteiger partial charge in [-0.15, -0.1) is 0 Å². The third-order valence-corrected chi connectivity index (χ3v) is 4.08. The van der Waals surface area contributed by atoms with Crippen LogP contribution in [0.4, 0.5) is 5.69 Å². The molecule has 23 heavy (non-hydrogen) atoms. The number of benzene rings is 1. The van der Waals surface area contributed by atoms with Crippen molar-refractivity contribution in [1.82, 2.24) is 9.38 Å². The Kier molecular flexibility index (Phi) is 4.15. The lowest BCUT2D eigenvalue weighted by Gasteiger charge is -2.21. The average molecular weight is 307 g/mol. The normalized spacial score (nSPS) is 10.9. The standard InChI is InChI=1S/C19H21N3O/c1-4-16-17(22-13-9-10-14(3)18(22)20-16)19(23)21(5-2)15-11-7-6-8-12-15/h6-13H,4-5H2,1-3H3. The zero-order valence-electron chi connectivity index (χ0n) is 13.8. The Hall–Kier alpha value is -2.62. The Balaban J connectivity index is 2.15. The van der Waals surface area contributed by atoms with Gasteiger partial charge >= 0.3 is 0 Å². The van der Waals surface area contributed by atoms with Crippen molar-refractivity contribution in [3.8, 4) is 0 Å². The van der Waals surface area contributed by atoms with Crippen LogP contribution in [-0.2, 0) is 6.42 Å². The maximum atomic E-state index is 13.2. The Morgan fingerprint density at radius 3 is 2.52 bits per heavy atom. The number of fused-ring (bicyclic) bond motifs is 1. The Labute approximate surface area is 136 Å². The molecule has 2 aromatic heterocycles. The number of carbonyl (C=O) groups is 1. The molecule has 1 amide bonds. The topological polar surface area (TPSA) is 37.6 Å². The molecule has 0 atom stereocenters. The monoisotopic (exact) mass is 307 g/mol. The lowest BCUT2D eigenvalue weighted by Crippen LogP contribution is -2.32. The van der Waals surface area contributed by atoms with Crippen LogP contribution in [0.15, 0.2) is 48.7 Å². The summed E-state index contributed by atoms with van der Waals surface area (Å²) in [4.78, 5) is 19.7. The third-order valence-electron chi connectivity index (χ3n) is 4.08. The van der Waals surface area contributed by atoms with E-state index in [1.807, 2.05) is 73.8 Å². The molecule has 1 aromatic carbocycles. The highest BCUT2D eigenvalue weighted by molar-refractivity contribution is 6.06. The van der Waals surface area contributed by atoms with E-state index in [0.717, 1.165) is 29.0 Å². The summed E-state index contributed by atoms with van der Waals surface area (Å²) in [6.07, 6.45) is 2.65. The van der Waals surface area contributed by atoms with E-state index >= 15 is 0 Å². The number of rotatable bonds is 4. The highest BCUT2D eigenvalue weighted by Crippen LogP contribution is 2.21. The largest absolute Gasteiger partial charge is 0.307 e. The van der Waals surface area contributed by atoms with Crippen LogP contribution in [0.25, 0.3) is 5.65 Å². The maximum absolute atomic E-state index is 13.2. The van der Waals surface area contributed by atoms with Gasteiger partial charge in [0.2, 0.25) is 0 Å². The van der Waals surface area contributed by atoms with Crippen molar-refractivity contribution in [2.24, 2.45) is 0 Å². The number of amides is 1. The van der Waals surface area contributed by atoms with Crippen LogP contribution in [-0.4, -0.2) is 21.8 Å². The first-order valence-electron chi connectivity index (χ1n) is 8.00. The fourth-order valence-electron chi connectivity index (χ4n) is 2.90. The number of hydrogen-bond acceptors (Lipinski definition) is 2. The number of hydrogen-bond donors (Lipinski definition) is 0. The van der Waals surface area contributed by atoms with Gasteiger partial charge in [-0.2, -0.15) is 0 Å². The lowest BCUT2D eigenvalue weighted by molar-refractivity contribution is 0.0981. The van der Waals surface area contributed by atoms with Crippen molar-refractivity contribution in [3.05, 3.63) is 65.6 Å². The second-order valence-electron chi connectivity index (χ2n) is 5.53. The van der Waals surface area contributed by atoms with Crippen molar-refractivity contribution in [3.63, 3.8) is 0 Å². The number of anilines is 1. The van der Waals surface area contributed by atoms with E-state index in [-0.39, 0.29) is 5.91 Å². The number of para-hydroxylation sites is 1. The lowest BCUT2D eigenvalue weighted by atomic mass is 10.2. The van der Waals surface area contributed by atoms with Gasteiger partial charge in [-0.3, -0.25) is 9.20 Å². The van der Waals surface area contributed by atoms with Gasteiger partial charge < -0.3 is 4.90 Å². The summed E-state index contributed by atoms with van der Waals surface area (Å²) in [5.41, 5.74) is 4.35. The molecule has 0 saturated carbocycles. The van der Waals surface area contributed by atoms with Crippen LogP contribution < -0.4 is 4.90 Å². The van der Waals surface area contributed by atoms with Gasteiger partial charge in [0, 0.05) is 18.4 Å². The smallest absolute Gasteiger partial charge is 0.277 e. The molecule has 0 aliphatic heterocycles. The minimum Gasteiger partial charge on any atom is -0.307 e. The maximum Gasteiger partial charge on any atom is 0.277 e. The molecule has 0 aliphatic rings. The van der Waals surface area contributed by atoms with Crippen LogP contribution in [0, 0.1) is 6.92 Å². The Bertz CT molecular complexity index is 836. The molecular weight excluding hydrogens is 286 g/mol. The molecule has 2 heterocycles. The van der Waals surface area contributed by atoms with Crippen LogP contribution in [0.2, 0.25) is 0 Å². The molecule has 0 aliphatic carbocycles. The fraction of sp³-hybridized carbons (Fsp3) is 0.263. The molecule has 4 heteroatoms. The van der Waals surface area contributed by atoms with Crippen molar-refractivity contribution in [2.75, 3.05) is 11.4 Å². The first-order valence-corrected chi connectivity index (χ1v) is 8.00. The molecule has 0 bridgehead atoms. The summed E-state index contributed by atoms with van der Waals surface area (Å²) >= 11 is 0. The van der Waals surface area contributed by atoms with Crippen molar-refractivity contribution in [1.29, 1.82) is 0 Å². The van der Waals surface area contributed by atoms with E-state index in [0.29, 0.717) is 12.2 Å². The number of carbonyl (C=O) groups excluding carboxylic acids is 1. The summed E-state index contributed by atoms with van der Waals surface area (Å²) in [7, 11) is 0. The quantitative estimate of drug-likeness (QED) is 0.734. The molecule has 0 saturated heterocycles. The van der Waals surface area contributed by atoms with E-state index in [1.165, 1.54) is 0 Å². The van der Waals surface area contributed by atoms with Gasteiger partial charge in [-0.25, -0.2) is 4.98 Å². The molecule has 4 nitrogen and oxygen atoms in total. The van der Waals surface area contributed by atoms with Crippen molar-refractivity contribution < 1.29 is 4.79 Å². The minimum absolute atomic E-state index is 0.00588. The first kappa shape index (κ1) is 15.3. The highest BCUT2D eigenvalue weighted by Gasteiger charge is 2.24. The van der Waals surface area contributed by atoms with Crippen LogP contribution >= 0.6 is 0 Å². The molecule has 0 N–H and O–H groups in total. The van der Waals surface area contributed by atoms with E-state index in [1.54, 1.807) is 4.90 Å². The van der Waals surface area contributed by atoms with Crippen LogP contribution in [0.1, 0.15) is 35.6 Å². The molecule has 3 aromatic rings. The predicted octanol–water partition coefficient (Wildman–Crippen LogP) is 3.87. The fourth-order valence-corrected chi connectivity index (χ4v) is 2.90. The number of imidazole rings is 1. The van der Waals surface area contributed by atoms with Gasteiger partial charge in [0.25, 0.3) is 5.91 Å². The second kappa shape index (κ2) is 6.24. The molecule has 0 fully saturated rings. The first-order chi connectivity index (χ1) is 11.2. The zero-order valence-corrected chi connectivity index (χ0v) is 13.8. The Morgan fingerprint density at radius 1 is 1.13 bits per heavy atom. The number of aromatic nitrogens is 2. The van der Waals surface area contributed by atoms with E-state index in [9.17, 15) is 4.79 Å². The van der Waals surface area contributed by atoms with Crippen molar-refractivity contribution in [2.45, 2.75) is 27.2 Å². The van der Waals surface area contributed by atoms with Crippen LogP contribution in [0.3, 0.4) is 0 Å². The highest BCUT2D eigenvalue weighted by atomic mass is 16.2. The Morgan fingerprint density at radius 2 is 1.87 bits per heavy atom. The van der Waals surface area contributed by atoms with Gasteiger partial charge in [0.05, 0.1) is 5.69 Å². The minimum atomic E-state index is -0.00588. The van der Waals surface area contributed by atoms with Gasteiger partial charge in [0.15, 0.2) is 0 Å². The number of pyridine rings is 1. The second-order valence-corrected chi connectivity index (χ2v) is 5.53. The predicted molar refractivity (Wildman–Crippen MR) is 93.1 cm³/mol. The van der Waals surface area contributed by atoms with Gasteiger partial charge in [-0.05, 0) is 44.0 Å². The molecule has 3 rings (SSSR count).